The molecule has 0 spiro atoms. The Labute approximate surface area is 114 Å². The van der Waals surface area contributed by atoms with Gasteiger partial charge >= 0.3 is 6.09 Å². The van der Waals surface area contributed by atoms with Gasteiger partial charge in [-0.1, -0.05) is 0 Å². The fourth-order valence-electron chi connectivity index (χ4n) is 5.17. The molecule has 0 aromatic carbocycles. The fraction of sp³-hybridized carbons (Fsp3) is 0.933. The van der Waals surface area contributed by atoms with Crippen LogP contribution < -0.4 is 10.6 Å². The van der Waals surface area contributed by atoms with Crippen LogP contribution in [0.25, 0.3) is 0 Å². The second-order valence-electron chi connectivity index (χ2n) is 7.13. The number of nitrogens with one attached hydrogen (secondary N) is 2. The summed E-state index contributed by atoms with van der Waals surface area (Å²) in [5.74, 6) is 3.18. The van der Waals surface area contributed by atoms with Crippen molar-refractivity contribution in [1.82, 2.24) is 10.6 Å². The molecule has 5 fully saturated rings. The van der Waals surface area contributed by atoms with Gasteiger partial charge in [-0.05, 0) is 68.7 Å². The third-order valence-electron chi connectivity index (χ3n) is 5.77. The highest BCUT2D eigenvalue weighted by molar-refractivity contribution is 5.68. The van der Waals surface area contributed by atoms with E-state index in [1.807, 2.05) is 0 Å². The van der Waals surface area contributed by atoms with Crippen molar-refractivity contribution < 1.29 is 9.53 Å². The summed E-state index contributed by atoms with van der Waals surface area (Å²) >= 11 is 0. The van der Waals surface area contributed by atoms with Crippen molar-refractivity contribution in [1.29, 1.82) is 0 Å². The predicted octanol–water partition coefficient (Wildman–Crippen LogP) is 1.90. The topological polar surface area (TPSA) is 50.4 Å². The van der Waals surface area contributed by atoms with E-state index in [9.17, 15) is 4.79 Å². The van der Waals surface area contributed by atoms with E-state index in [4.69, 9.17) is 4.74 Å². The lowest BCUT2D eigenvalue weighted by molar-refractivity contribution is -0.0964. The smallest absolute Gasteiger partial charge is 0.407 e. The van der Waals surface area contributed by atoms with Crippen molar-refractivity contribution in [2.24, 2.45) is 23.7 Å². The Bertz CT molecular complexity index is 337. The molecule has 0 aromatic rings. The molecule has 1 atom stereocenters. The highest BCUT2D eigenvalue weighted by atomic mass is 16.6. The van der Waals surface area contributed by atoms with Crippen molar-refractivity contribution in [2.75, 3.05) is 13.1 Å². The van der Waals surface area contributed by atoms with E-state index in [1.54, 1.807) is 0 Å². The van der Waals surface area contributed by atoms with E-state index in [0.717, 1.165) is 31.3 Å². The molecule has 19 heavy (non-hydrogen) atoms. The van der Waals surface area contributed by atoms with Crippen molar-refractivity contribution >= 4 is 6.09 Å². The van der Waals surface area contributed by atoms with Crippen molar-refractivity contribution in [3.05, 3.63) is 0 Å². The second-order valence-corrected chi connectivity index (χ2v) is 7.13. The first-order chi connectivity index (χ1) is 9.28. The molecule has 4 nitrogen and oxygen atoms in total. The van der Waals surface area contributed by atoms with Gasteiger partial charge in [-0.25, -0.2) is 4.79 Å². The Kier molecular flexibility index (Phi) is 2.94. The molecular formula is C15H24N2O2. The minimum atomic E-state index is -0.175. The largest absolute Gasteiger partial charge is 0.446 e. The lowest BCUT2D eigenvalue weighted by Gasteiger charge is -2.53. The minimum Gasteiger partial charge on any atom is -0.446 e. The molecule has 4 saturated carbocycles. The van der Waals surface area contributed by atoms with Gasteiger partial charge in [0.15, 0.2) is 0 Å². The summed E-state index contributed by atoms with van der Waals surface area (Å²) in [6.45, 7) is 1.89. The molecule has 5 rings (SSSR count). The van der Waals surface area contributed by atoms with Gasteiger partial charge in [-0.3, -0.25) is 0 Å². The predicted molar refractivity (Wildman–Crippen MR) is 71.7 cm³/mol. The Morgan fingerprint density at radius 2 is 1.74 bits per heavy atom. The van der Waals surface area contributed by atoms with Gasteiger partial charge in [-0.15, -0.1) is 0 Å². The van der Waals surface area contributed by atoms with Crippen LogP contribution in [0.4, 0.5) is 4.79 Å². The fourth-order valence-corrected chi connectivity index (χ4v) is 5.17. The summed E-state index contributed by atoms with van der Waals surface area (Å²) in [6, 6.07) is 0.268. The van der Waals surface area contributed by atoms with Crippen LogP contribution in [0, 0.1) is 23.7 Å². The van der Waals surface area contributed by atoms with E-state index in [1.165, 1.54) is 32.1 Å². The van der Waals surface area contributed by atoms with E-state index in [-0.39, 0.29) is 18.2 Å². The van der Waals surface area contributed by atoms with E-state index >= 15 is 0 Å². The Morgan fingerprint density at radius 1 is 1.05 bits per heavy atom. The number of alkyl carbamates (subject to hydrolysis) is 1. The Balaban J connectivity index is 1.36. The molecule has 1 heterocycles. The van der Waals surface area contributed by atoms with Crippen LogP contribution in [0.3, 0.4) is 0 Å². The van der Waals surface area contributed by atoms with Gasteiger partial charge in [0.25, 0.3) is 0 Å². The number of carbonyl (C=O) groups excluding carboxylic acids is 1. The molecule has 0 aromatic heterocycles. The van der Waals surface area contributed by atoms with E-state index in [2.05, 4.69) is 10.6 Å². The summed E-state index contributed by atoms with van der Waals surface area (Å²) in [7, 11) is 0. The average molecular weight is 264 g/mol. The van der Waals surface area contributed by atoms with Crippen LogP contribution in [-0.2, 0) is 4.74 Å². The van der Waals surface area contributed by atoms with Gasteiger partial charge in [0, 0.05) is 12.6 Å². The number of hydrogen-bond acceptors (Lipinski definition) is 3. The Hall–Kier alpha value is -0.770. The minimum absolute atomic E-state index is 0.175. The first kappa shape index (κ1) is 12.0. The van der Waals surface area contributed by atoms with E-state index < -0.39 is 0 Å². The Morgan fingerprint density at radius 3 is 2.32 bits per heavy atom. The second kappa shape index (κ2) is 4.65. The zero-order valence-corrected chi connectivity index (χ0v) is 11.4. The molecule has 1 saturated heterocycles. The highest BCUT2D eigenvalue weighted by Crippen LogP contribution is 2.54. The number of ether oxygens (including phenoxy) is 1. The van der Waals surface area contributed by atoms with Gasteiger partial charge in [0.2, 0.25) is 0 Å². The summed E-state index contributed by atoms with van der Waals surface area (Å²) in [6.07, 6.45) is 7.71. The maximum Gasteiger partial charge on any atom is 0.407 e. The third kappa shape index (κ3) is 2.24. The molecule has 5 aliphatic rings. The third-order valence-corrected chi connectivity index (χ3v) is 5.77. The first-order valence-electron chi connectivity index (χ1n) is 7.96. The number of amides is 1. The maximum atomic E-state index is 12.0. The van der Waals surface area contributed by atoms with Crippen LogP contribution in [0.1, 0.15) is 38.5 Å². The zero-order valence-electron chi connectivity index (χ0n) is 11.4. The summed E-state index contributed by atoms with van der Waals surface area (Å²) in [5.41, 5.74) is 0. The van der Waals surface area contributed by atoms with Gasteiger partial charge in [-0.2, -0.15) is 0 Å². The SMILES string of the molecule is O=C(NC1CCNC1)OC1C2CC3CC(C2)CC1C3. The summed E-state index contributed by atoms with van der Waals surface area (Å²) in [4.78, 5) is 12.0. The molecule has 1 amide bonds. The van der Waals surface area contributed by atoms with Crippen LogP contribution in [0.5, 0.6) is 0 Å². The van der Waals surface area contributed by atoms with Crippen LogP contribution in [0.2, 0.25) is 0 Å². The average Bonchev–Trinajstić information content (AvgIpc) is 2.85. The summed E-state index contributed by atoms with van der Waals surface area (Å²) < 4.78 is 5.81. The van der Waals surface area contributed by atoms with Gasteiger partial charge in [0.05, 0.1) is 0 Å². The van der Waals surface area contributed by atoms with Gasteiger partial charge < -0.3 is 15.4 Å². The number of carbonyl (C=O) groups is 1. The van der Waals surface area contributed by atoms with Crippen molar-refractivity contribution in [3.63, 3.8) is 0 Å². The molecule has 4 heteroatoms. The van der Waals surface area contributed by atoms with Crippen LogP contribution in [0.15, 0.2) is 0 Å². The molecule has 4 bridgehead atoms. The summed E-state index contributed by atoms with van der Waals surface area (Å²) in [5, 5.41) is 6.28. The normalized spacial score (nSPS) is 47.4. The van der Waals surface area contributed by atoms with Crippen molar-refractivity contribution in [2.45, 2.75) is 50.7 Å². The standard InChI is InChI=1S/C15H24N2O2/c18-15(17-13-1-2-16-8-13)19-14-11-4-9-3-10(6-11)7-12(14)5-9/h9-14,16H,1-8H2,(H,17,18). The molecule has 4 aliphatic carbocycles. The highest BCUT2D eigenvalue weighted by Gasteiger charge is 2.50. The lowest BCUT2D eigenvalue weighted by atomic mass is 9.55. The molecule has 1 unspecified atom stereocenters. The molecular weight excluding hydrogens is 240 g/mol. The first-order valence-corrected chi connectivity index (χ1v) is 7.96. The van der Waals surface area contributed by atoms with Crippen LogP contribution >= 0.6 is 0 Å². The molecule has 2 N–H and O–H groups in total. The molecule has 106 valence electrons. The van der Waals surface area contributed by atoms with Gasteiger partial charge in [0.1, 0.15) is 6.10 Å². The lowest BCUT2D eigenvalue weighted by Crippen LogP contribution is -2.51. The molecule has 1 aliphatic heterocycles. The maximum absolute atomic E-state index is 12.0. The number of hydrogen-bond donors (Lipinski definition) is 2. The molecule has 0 radical (unpaired) electrons. The van der Waals surface area contributed by atoms with Crippen LogP contribution in [-0.4, -0.2) is 31.3 Å². The van der Waals surface area contributed by atoms with E-state index in [0.29, 0.717) is 11.8 Å². The quantitative estimate of drug-likeness (QED) is 0.801. The monoisotopic (exact) mass is 264 g/mol. The van der Waals surface area contributed by atoms with Crippen molar-refractivity contribution in [3.8, 4) is 0 Å². The number of rotatable bonds is 2. The zero-order chi connectivity index (χ0) is 12.8.